The molecule has 1 fully saturated rings. The van der Waals surface area contributed by atoms with E-state index in [0.29, 0.717) is 12.5 Å². The molecule has 4 heteroatoms. The minimum absolute atomic E-state index is 0.0283. The van der Waals surface area contributed by atoms with Crippen LogP contribution in [0, 0.1) is 11.8 Å². The van der Waals surface area contributed by atoms with E-state index in [1.54, 1.807) is 4.90 Å². The summed E-state index contributed by atoms with van der Waals surface area (Å²) < 4.78 is 0. The zero-order chi connectivity index (χ0) is 9.14. The van der Waals surface area contributed by atoms with Gasteiger partial charge in [0.2, 0.25) is 5.91 Å². The Morgan fingerprint density at radius 2 is 2.33 bits per heavy atom. The predicted molar refractivity (Wildman–Crippen MR) is 47.0 cm³/mol. The summed E-state index contributed by atoms with van der Waals surface area (Å²) in [6.45, 7) is 3.59. The highest BCUT2D eigenvalue weighted by molar-refractivity contribution is 6.27. The van der Waals surface area contributed by atoms with Crippen molar-refractivity contribution in [2.75, 3.05) is 25.6 Å². The maximum absolute atomic E-state index is 11.1. The van der Waals surface area contributed by atoms with Gasteiger partial charge in [-0.2, -0.15) is 0 Å². The number of nitrogens with zero attached hydrogens (tertiary/aromatic N) is 1. The molecule has 70 valence electrons. The first-order valence-corrected chi connectivity index (χ1v) is 4.67. The molecule has 0 radical (unpaired) electrons. The van der Waals surface area contributed by atoms with Crippen molar-refractivity contribution in [2.45, 2.75) is 6.92 Å². The van der Waals surface area contributed by atoms with Gasteiger partial charge in [-0.05, 0) is 5.92 Å². The smallest absolute Gasteiger partial charge is 0.237 e. The van der Waals surface area contributed by atoms with Crippen LogP contribution in [-0.4, -0.2) is 41.5 Å². The standard InChI is InChI=1S/C8H14ClNO2/c1-6-3-10(8(12)2-9)4-7(6)5-11/h6-7,11H,2-5H2,1H3/t6-,7-/m0/s1. The first-order chi connectivity index (χ1) is 5.69. The van der Waals surface area contributed by atoms with Crippen molar-refractivity contribution in [1.82, 2.24) is 4.90 Å². The quantitative estimate of drug-likeness (QED) is 0.639. The molecule has 2 atom stereocenters. The van der Waals surface area contributed by atoms with Gasteiger partial charge in [-0.3, -0.25) is 4.79 Å². The number of hydrogen-bond acceptors (Lipinski definition) is 2. The van der Waals surface area contributed by atoms with E-state index >= 15 is 0 Å². The largest absolute Gasteiger partial charge is 0.396 e. The zero-order valence-electron chi connectivity index (χ0n) is 7.16. The van der Waals surface area contributed by atoms with E-state index in [4.69, 9.17) is 16.7 Å². The first kappa shape index (κ1) is 9.81. The first-order valence-electron chi connectivity index (χ1n) is 4.13. The number of carbonyl (C=O) groups is 1. The van der Waals surface area contributed by atoms with Gasteiger partial charge in [0.1, 0.15) is 5.88 Å². The summed E-state index contributed by atoms with van der Waals surface area (Å²) in [5, 5.41) is 8.94. The van der Waals surface area contributed by atoms with Crippen molar-refractivity contribution >= 4 is 17.5 Å². The fourth-order valence-electron chi connectivity index (χ4n) is 1.56. The van der Waals surface area contributed by atoms with Crippen molar-refractivity contribution in [3.05, 3.63) is 0 Å². The Morgan fingerprint density at radius 1 is 1.67 bits per heavy atom. The van der Waals surface area contributed by atoms with Crippen LogP contribution in [-0.2, 0) is 4.79 Å². The predicted octanol–water partition coefficient (Wildman–Crippen LogP) is 0.312. The number of likely N-dealkylation sites (tertiary alicyclic amines) is 1. The number of aliphatic hydroxyl groups is 1. The maximum atomic E-state index is 11.1. The minimum Gasteiger partial charge on any atom is -0.396 e. The maximum Gasteiger partial charge on any atom is 0.237 e. The Hall–Kier alpha value is -0.280. The number of hydrogen-bond donors (Lipinski definition) is 1. The summed E-state index contributed by atoms with van der Waals surface area (Å²) in [5.74, 6) is 0.643. The van der Waals surface area contributed by atoms with E-state index in [0.717, 1.165) is 6.54 Å². The molecule has 0 aromatic heterocycles. The van der Waals surface area contributed by atoms with Gasteiger partial charge in [0.25, 0.3) is 0 Å². The Balaban J connectivity index is 2.48. The molecule has 1 N–H and O–H groups in total. The molecule has 1 heterocycles. The number of rotatable bonds is 2. The molecule has 0 unspecified atom stereocenters. The molecular formula is C8H14ClNO2. The normalized spacial score (nSPS) is 29.4. The van der Waals surface area contributed by atoms with E-state index < -0.39 is 0 Å². The molecule has 0 aliphatic carbocycles. The van der Waals surface area contributed by atoms with Crippen LogP contribution in [0.5, 0.6) is 0 Å². The molecular weight excluding hydrogens is 178 g/mol. The summed E-state index contributed by atoms with van der Waals surface area (Å²) in [4.78, 5) is 12.9. The van der Waals surface area contributed by atoms with Crippen LogP contribution in [0.25, 0.3) is 0 Å². The molecule has 0 spiro atoms. The summed E-state index contributed by atoms with van der Waals surface area (Å²) in [5.41, 5.74) is 0. The highest BCUT2D eigenvalue weighted by Gasteiger charge is 2.31. The fraction of sp³-hybridized carbons (Fsp3) is 0.875. The number of amides is 1. The minimum atomic E-state index is -0.0283. The molecule has 1 saturated heterocycles. The average Bonchev–Trinajstić information content (AvgIpc) is 2.45. The lowest BCUT2D eigenvalue weighted by atomic mass is 10.00. The van der Waals surface area contributed by atoms with Crippen molar-refractivity contribution in [2.24, 2.45) is 11.8 Å². The third kappa shape index (κ3) is 1.90. The second-order valence-corrected chi connectivity index (χ2v) is 3.62. The lowest BCUT2D eigenvalue weighted by Gasteiger charge is -2.13. The summed E-state index contributed by atoms with van der Waals surface area (Å²) in [6, 6.07) is 0. The van der Waals surface area contributed by atoms with Gasteiger partial charge in [-0.25, -0.2) is 0 Å². The van der Waals surface area contributed by atoms with Crippen LogP contribution in [0.4, 0.5) is 0 Å². The highest BCUT2D eigenvalue weighted by atomic mass is 35.5. The second-order valence-electron chi connectivity index (χ2n) is 3.35. The number of alkyl halides is 1. The molecule has 0 aromatic carbocycles. The lowest BCUT2D eigenvalue weighted by Crippen LogP contribution is -2.30. The molecule has 0 bridgehead atoms. The zero-order valence-corrected chi connectivity index (χ0v) is 7.92. The SMILES string of the molecule is C[C@H]1CN(C(=O)CCl)C[C@H]1CO. The van der Waals surface area contributed by atoms with E-state index in [-0.39, 0.29) is 24.3 Å². The van der Waals surface area contributed by atoms with Crippen LogP contribution in [0.3, 0.4) is 0 Å². The Bertz CT molecular complexity index is 174. The van der Waals surface area contributed by atoms with Crippen molar-refractivity contribution < 1.29 is 9.90 Å². The van der Waals surface area contributed by atoms with Crippen molar-refractivity contribution in [3.8, 4) is 0 Å². The topological polar surface area (TPSA) is 40.5 Å². The Kier molecular flexibility index (Phi) is 3.35. The van der Waals surface area contributed by atoms with Gasteiger partial charge in [-0.1, -0.05) is 6.92 Å². The molecule has 0 aromatic rings. The molecule has 1 rings (SSSR count). The lowest BCUT2D eigenvalue weighted by molar-refractivity contribution is -0.127. The molecule has 0 saturated carbocycles. The van der Waals surface area contributed by atoms with Crippen molar-refractivity contribution in [1.29, 1.82) is 0 Å². The van der Waals surface area contributed by atoms with Crippen LogP contribution >= 0.6 is 11.6 Å². The highest BCUT2D eigenvalue weighted by Crippen LogP contribution is 2.22. The van der Waals surface area contributed by atoms with E-state index in [2.05, 4.69) is 0 Å². The van der Waals surface area contributed by atoms with Crippen molar-refractivity contribution in [3.63, 3.8) is 0 Å². The van der Waals surface area contributed by atoms with Gasteiger partial charge in [0, 0.05) is 25.6 Å². The van der Waals surface area contributed by atoms with Gasteiger partial charge in [-0.15, -0.1) is 11.6 Å². The van der Waals surface area contributed by atoms with E-state index in [1.807, 2.05) is 6.92 Å². The molecule has 12 heavy (non-hydrogen) atoms. The van der Waals surface area contributed by atoms with Crippen LogP contribution in [0.15, 0.2) is 0 Å². The third-order valence-electron chi connectivity index (χ3n) is 2.47. The van der Waals surface area contributed by atoms with E-state index in [1.165, 1.54) is 0 Å². The average molecular weight is 192 g/mol. The number of carbonyl (C=O) groups excluding carboxylic acids is 1. The summed E-state index contributed by atoms with van der Waals surface area (Å²) in [7, 11) is 0. The molecule has 3 nitrogen and oxygen atoms in total. The van der Waals surface area contributed by atoms with Gasteiger partial charge in [0.05, 0.1) is 0 Å². The Labute approximate surface area is 77.3 Å². The number of halogens is 1. The van der Waals surface area contributed by atoms with Crippen LogP contribution in [0.1, 0.15) is 6.92 Å². The molecule has 1 aliphatic heterocycles. The summed E-state index contributed by atoms with van der Waals surface area (Å²) >= 11 is 5.42. The van der Waals surface area contributed by atoms with Crippen LogP contribution in [0.2, 0.25) is 0 Å². The Morgan fingerprint density at radius 3 is 2.75 bits per heavy atom. The van der Waals surface area contributed by atoms with Gasteiger partial charge >= 0.3 is 0 Å². The second kappa shape index (κ2) is 4.10. The summed E-state index contributed by atoms with van der Waals surface area (Å²) in [6.07, 6.45) is 0. The van der Waals surface area contributed by atoms with E-state index in [9.17, 15) is 4.79 Å². The van der Waals surface area contributed by atoms with Crippen LogP contribution < -0.4 is 0 Å². The third-order valence-corrected chi connectivity index (χ3v) is 2.70. The monoisotopic (exact) mass is 191 g/mol. The fourth-order valence-corrected chi connectivity index (χ4v) is 1.73. The number of aliphatic hydroxyl groups excluding tert-OH is 1. The molecule has 1 amide bonds. The van der Waals surface area contributed by atoms with Gasteiger partial charge < -0.3 is 10.0 Å². The molecule has 1 aliphatic rings. The van der Waals surface area contributed by atoms with Gasteiger partial charge in [0.15, 0.2) is 0 Å².